The van der Waals surface area contributed by atoms with Crippen LogP contribution in [0.5, 0.6) is 0 Å². The lowest BCUT2D eigenvalue weighted by molar-refractivity contribution is 0.674. The van der Waals surface area contributed by atoms with E-state index in [0.29, 0.717) is 0 Å². The van der Waals surface area contributed by atoms with E-state index < -0.39 is 0 Å². The molecular weight excluding hydrogens is 751 g/mol. The summed E-state index contributed by atoms with van der Waals surface area (Å²) in [6.45, 7) is 0. The summed E-state index contributed by atoms with van der Waals surface area (Å²) >= 11 is 0. The molecule has 0 N–H and O–H groups in total. The topological polar surface area (TPSA) is 16.4 Å². The smallest absolute Gasteiger partial charge is 0.143 e. The van der Waals surface area contributed by atoms with E-state index >= 15 is 0 Å². The molecular formula is C60H39NO. The average Bonchev–Trinajstić information content (AvgIpc) is 3.74. The highest BCUT2D eigenvalue weighted by Gasteiger charge is 2.21. The molecule has 0 atom stereocenters. The quantitative estimate of drug-likeness (QED) is 0.160. The van der Waals surface area contributed by atoms with Crippen LogP contribution in [0.4, 0.5) is 17.1 Å². The van der Waals surface area contributed by atoms with E-state index in [4.69, 9.17) is 4.42 Å². The van der Waals surface area contributed by atoms with E-state index in [-0.39, 0.29) is 0 Å². The fourth-order valence-corrected chi connectivity index (χ4v) is 9.40. The molecule has 1 heterocycles. The van der Waals surface area contributed by atoms with Gasteiger partial charge in [0.25, 0.3) is 0 Å². The van der Waals surface area contributed by atoms with Crippen LogP contribution in [-0.2, 0) is 0 Å². The molecule has 0 saturated carbocycles. The highest BCUT2D eigenvalue weighted by Crippen LogP contribution is 2.46. The normalized spacial score (nSPS) is 11.5. The first-order chi connectivity index (χ1) is 30.7. The molecule has 2 nitrogen and oxygen atoms in total. The van der Waals surface area contributed by atoms with Crippen molar-refractivity contribution in [1.29, 1.82) is 0 Å². The van der Waals surface area contributed by atoms with Crippen molar-refractivity contribution < 1.29 is 4.42 Å². The summed E-state index contributed by atoms with van der Waals surface area (Å²) in [6, 6.07) is 85.4. The molecule has 0 saturated heterocycles. The second-order valence-corrected chi connectivity index (χ2v) is 16.1. The molecule has 0 aliphatic carbocycles. The Balaban J connectivity index is 1.01. The summed E-state index contributed by atoms with van der Waals surface area (Å²) in [5.74, 6) is 0. The Morgan fingerprint density at radius 2 is 0.806 bits per heavy atom. The fourth-order valence-electron chi connectivity index (χ4n) is 9.40. The van der Waals surface area contributed by atoms with Crippen LogP contribution in [0, 0.1) is 0 Å². The average molecular weight is 790 g/mol. The lowest BCUT2D eigenvalue weighted by Gasteiger charge is -2.28. The molecule has 62 heavy (non-hydrogen) atoms. The van der Waals surface area contributed by atoms with E-state index in [1.54, 1.807) is 0 Å². The molecule has 0 spiro atoms. The van der Waals surface area contributed by atoms with Crippen LogP contribution in [0.1, 0.15) is 0 Å². The Labute approximate surface area is 360 Å². The van der Waals surface area contributed by atoms with Gasteiger partial charge < -0.3 is 9.32 Å². The highest BCUT2D eigenvalue weighted by molar-refractivity contribution is 6.17. The number of anilines is 3. The van der Waals surface area contributed by atoms with Gasteiger partial charge in [0, 0.05) is 38.7 Å². The van der Waals surface area contributed by atoms with Crippen molar-refractivity contribution in [3.05, 3.63) is 237 Å². The third kappa shape index (κ3) is 6.12. The second kappa shape index (κ2) is 14.8. The minimum atomic E-state index is 0.887. The van der Waals surface area contributed by atoms with Crippen LogP contribution < -0.4 is 4.90 Å². The lowest BCUT2D eigenvalue weighted by atomic mass is 9.95. The van der Waals surface area contributed by atoms with Gasteiger partial charge in [-0.25, -0.2) is 0 Å². The summed E-state index contributed by atoms with van der Waals surface area (Å²) in [4.78, 5) is 2.40. The van der Waals surface area contributed by atoms with Gasteiger partial charge in [0.1, 0.15) is 11.2 Å². The van der Waals surface area contributed by atoms with E-state index in [0.717, 1.165) is 66.6 Å². The van der Waals surface area contributed by atoms with Gasteiger partial charge in [-0.05, 0) is 109 Å². The zero-order valence-electron chi connectivity index (χ0n) is 33.9. The van der Waals surface area contributed by atoms with Gasteiger partial charge in [0.15, 0.2) is 0 Å². The van der Waals surface area contributed by atoms with Crippen LogP contribution in [0.25, 0.3) is 98.8 Å². The molecule has 1 aromatic heterocycles. The van der Waals surface area contributed by atoms with Gasteiger partial charge in [-0.15, -0.1) is 0 Å². The summed E-state index contributed by atoms with van der Waals surface area (Å²) in [7, 11) is 0. The van der Waals surface area contributed by atoms with Crippen molar-refractivity contribution in [2.45, 2.75) is 0 Å². The molecule has 0 amide bonds. The van der Waals surface area contributed by atoms with Crippen molar-refractivity contribution in [1.82, 2.24) is 0 Å². The van der Waals surface area contributed by atoms with Crippen LogP contribution in [0.3, 0.4) is 0 Å². The first-order valence-electron chi connectivity index (χ1n) is 21.2. The number of fused-ring (bicyclic) bond motifs is 7. The fraction of sp³-hybridized carbons (Fsp3) is 0. The van der Waals surface area contributed by atoms with Crippen molar-refractivity contribution in [2.24, 2.45) is 0 Å². The largest absolute Gasteiger partial charge is 0.455 e. The van der Waals surface area contributed by atoms with Crippen LogP contribution in [0.2, 0.25) is 0 Å². The lowest BCUT2D eigenvalue weighted by Crippen LogP contribution is -2.11. The zero-order chi connectivity index (χ0) is 41.0. The molecule has 0 bridgehead atoms. The Bertz CT molecular complexity index is 3650. The third-order valence-electron chi connectivity index (χ3n) is 12.4. The number of hydrogen-bond donors (Lipinski definition) is 0. The molecule has 11 aromatic carbocycles. The van der Waals surface area contributed by atoms with Crippen molar-refractivity contribution in [3.63, 3.8) is 0 Å². The molecule has 12 aromatic rings. The first-order valence-corrected chi connectivity index (χ1v) is 21.2. The summed E-state index contributed by atoms with van der Waals surface area (Å²) < 4.78 is 6.92. The summed E-state index contributed by atoms with van der Waals surface area (Å²) in [5, 5.41) is 9.49. The van der Waals surface area contributed by atoms with E-state index in [1.165, 1.54) is 49.2 Å². The Morgan fingerprint density at radius 1 is 0.258 bits per heavy atom. The Kier molecular flexibility index (Phi) is 8.53. The SMILES string of the molecule is c1cc(-c2ccc(N(c3cccc(-c4ccc5ccccc5c4)c3)c3ccccc3-c3cccc4c3oc3c5ccccc5ccc43)cc2)cc(-c2cccc3ccccc23)c1. The Hall–Kier alpha value is -8.20. The number of rotatable bonds is 7. The number of para-hydroxylation sites is 2. The van der Waals surface area contributed by atoms with Gasteiger partial charge in [-0.3, -0.25) is 0 Å². The number of nitrogens with zero attached hydrogens (tertiary/aromatic N) is 1. The van der Waals surface area contributed by atoms with Crippen LogP contribution in [-0.4, -0.2) is 0 Å². The standard InChI is InChI=1S/C60H39NO/c1-2-16-44-37-47(30-29-40(44)13-1)46-19-10-21-50(39-46)61(49-34-31-41(32-35-49)45-18-9-20-48(38-45)52-25-11-17-42-14-3-5-22-51(42)52)58-28-8-7-24-54(58)55-26-12-27-56-57-36-33-43-15-4-6-23-53(43)59(57)62-60(55)56/h1-39H. The maximum Gasteiger partial charge on any atom is 0.143 e. The summed E-state index contributed by atoms with van der Waals surface area (Å²) in [5.41, 5.74) is 14.3. The van der Waals surface area contributed by atoms with Crippen LogP contribution >= 0.6 is 0 Å². The number of benzene rings is 11. The van der Waals surface area contributed by atoms with Gasteiger partial charge in [0.2, 0.25) is 0 Å². The minimum Gasteiger partial charge on any atom is -0.455 e. The maximum atomic E-state index is 6.92. The highest BCUT2D eigenvalue weighted by atomic mass is 16.3. The maximum absolute atomic E-state index is 6.92. The molecule has 2 heteroatoms. The number of furan rings is 1. The number of hydrogen-bond acceptors (Lipinski definition) is 2. The summed E-state index contributed by atoms with van der Waals surface area (Å²) in [6.07, 6.45) is 0. The molecule has 0 unspecified atom stereocenters. The van der Waals surface area contributed by atoms with Gasteiger partial charge >= 0.3 is 0 Å². The van der Waals surface area contributed by atoms with E-state index in [9.17, 15) is 0 Å². The van der Waals surface area contributed by atoms with Gasteiger partial charge in [-0.2, -0.15) is 0 Å². The monoisotopic (exact) mass is 789 g/mol. The predicted molar refractivity (Wildman–Crippen MR) is 263 cm³/mol. The van der Waals surface area contributed by atoms with Crippen molar-refractivity contribution in [3.8, 4) is 44.5 Å². The molecule has 290 valence electrons. The van der Waals surface area contributed by atoms with Crippen LogP contribution in [0.15, 0.2) is 241 Å². The Morgan fingerprint density at radius 3 is 1.68 bits per heavy atom. The zero-order valence-corrected chi connectivity index (χ0v) is 33.9. The van der Waals surface area contributed by atoms with E-state index in [1.807, 2.05) is 0 Å². The first kappa shape index (κ1) is 35.7. The molecule has 0 aliphatic heterocycles. The molecule has 0 fully saturated rings. The second-order valence-electron chi connectivity index (χ2n) is 16.1. The van der Waals surface area contributed by atoms with Crippen molar-refractivity contribution in [2.75, 3.05) is 4.90 Å². The predicted octanol–water partition coefficient (Wildman–Crippen LogP) is 17.2. The van der Waals surface area contributed by atoms with Gasteiger partial charge in [0.05, 0.1) is 5.69 Å². The third-order valence-corrected chi connectivity index (χ3v) is 12.4. The van der Waals surface area contributed by atoms with E-state index in [2.05, 4.69) is 241 Å². The molecule has 12 rings (SSSR count). The molecule has 0 radical (unpaired) electrons. The minimum absolute atomic E-state index is 0.887. The van der Waals surface area contributed by atoms with Crippen molar-refractivity contribution >= 4 is 71.3 Å². The van der Waals surface area contributed by atoms with Gasteiger partial charge in [-0.1, -0.05) is 188 Å². The molecule has 0 aliphatic rings.